The molecule has 0 spiro atoms. The molecule has 108 valence electrons. The molecule has 0 bridgehead atoms. The first kappa shape index (κ1) is 14.5. The summed E-state index contributed by atoms with van der Waals surface area (Å²) in [5, 5.41) is 4.04. The molecule has 1 aromatic heterocycles. The van der Waals surface area contributed by atoms with Gasteiger partial charge in [-0.2, -0.15) is 5.10 Å². The summed E-state index contributed by atoms with van der Waals surface area (Å²) in [7, 11) is -3.45. The van der Waals surface area contributed by atoms with E-state index in [1.54, 1.807) is 10.9 Å². The Morgan fingerprint density at radius 3 is 2.95 bits per heavy atom. The van der Waals surface area contributed by atoms with Crippen LogP contribution in [0.5, 0.6) is 0 Å². The lowest BCUT2D eigenvalue weighted by atomic mass is 10.2. The normalized spacial score (nSPS) is 17.6. The first-order valence-electron chi connectivity index (χ1n) is 6.76. The number of hydrogen-bond acceptors (Lipinski definition) is 4. The Hall–Kier alpha value is -0.920. The number of hydrogen-bond donors (Lipinski definition) is 2. The summed E-state index contributed by atoms with van der Waals surface area (Å²) in [6.07, 6.45) is 7.10. The largest absolute Gasteiger partial charge is 0.330 e. The van der Waals surface area contributed by atoms with E-state index in [4.69, 9.17) is 5.73 Å². The summed E-state index contributed by atoms with van der Waals surface area (Å²) >= 11 is 0. The minimum atomic E-state index is -3.45. The molecule has 19 heavy (non-hydrogen) atoms. The molecule has 1 aromatic rings. The van der Waals surface area contributed by atoms with Gasteiger partial charge in [0.1, 0.15) is 4.90 Å². The zero-order valence-corrected chi connectivity index (χ0v) is 12.1. The van der Waals surface area contributed by atoms with Gasteiger partial charge >= 0.3 is 0 Å². The second kappa shape index (κ2) is 6.02. The first-order valence-corrected chi connectivity index (χ1v) is 8.24. The van der Waals surface area contributed by atoms with Gasteiger partial charge in [-0.05, 0) is 32.2 Å². The summed E-state index contributed by atoms with van der Waals surface area (Å²) in [5.74, 6) is 0.699. The van der Waals surface area contributed by atoms with E-state index in [2.05, 4.69) is 9.82 Å². The molecule has 0 aliphatic heterocycles. The molecule has 1 aliphatic carbocycles. The van der Waals surface area contributed by atoms with Crippen molar-refractivity contribution in [3.05, 3.63) is 12.4 Å². The lowest BCUT2D eigenvalue weighted by molar-refractivity contribution is 0.529. The van der Waals surface area contributed by atoms with Crippen LogP contribution in [0.1, 0.15) is 32.6 Å². The molecule has 1 aliphatic rings. The smallest absolute Gasteiger partial charge is 0.243 e. The fourth-order valence-electron chi connectivity index (χ4n) is 2.09. The molecule has 1 atom stereocenters. The Morgan fingerprint density at radius 2 is 2.32 bits per heavy atom. The van der Waals surface area contributed by atoms with Crippen molar-refractivity contribution >= 4 is 10.0 Å². The van der Waals surface area contributed by atoms with Crippen LogP contribution in [0.2, 0.25) is 0 Å². The van der Waals surface area contributed by atoms with Crippen molar-refractivity contribution in [3.63, 3.8) is 0 Å². The summed E-state index contributed by atoms with van der Waals surface area (Å²) in [6.45, 7) is 3.12. The fraction of sp³-hybridized carbons (Fsp3) is 0.750. The van der Waals surface area contributed by atoms with Crippen LogP contribution in [0.25, 0.3) is 0 Å². The summed E-state index contributed by atoms with van der Waals surface area (Å²) in [6, 6.07) is -0.0232. The van der Waals surface area contributed by atoms with Crippen molar-refractivity contribution in [2.24, 2.45) is 11.7 Å². The highest BCUT2D eigenvalue weighted by atomic mass is 32.2. The first-order chi connectivity index (χ1) is 9.01. The topological polar surface area (TPSA) is 90.0 Å². The van der Waals surface area contributed by atoms with Crippen LogP contribution >= 0.6 is 0 Å². The second-order valence-corrected chi connectivity index (χ2v) is 7.00. The highest BCUT2D eigenvalue weighted by Gasteiger charge is 2.26. The maximum absolute atomic E-state index is 12.1. The van der Waals surface area contributed by atoms with E-state index in [0.29, 0.717) is 19.0 Å². The molecule has 1 unspecified atom stereocenters. The van der Waals surface area contributed by atoms with Gasteiger partial charge in [0, 0.05) is 18.8 Å². The van der Waals surface area contributed by atoms with Crippen molar-refractivity contribution in [3.8, 4) is 0 Å². The molecule has 0 radical (unpaired) electrons. The van der Waals surface area contributed by atoms with E-state index in [1.165, 1.54) is 19.0 Å². The van der Waals surface area contributed by atoms with Crippen molar-refractivity contribution in [1.82, 2.24) is 14.5 Å². The van der Waals surface area contributed by atoms with Crippen molar-refractivity contribution in [2.75, 3.05) is 6.54 Å². The molecule has 6 nitrogen and oxygen atoms in total. The molecular weight excluding hydrogens is 264 g/mol. The van der Waals surface area contributed by atoms with E-state index < -0.39 is 10.0 Å². The third-order valence-corrected chi connectivity index (χ3v) is 4.80. The van der Waals surface area contributed by atoms with Crippen molar-refractivity contribution < 1.29 is 8.42 Å². The van der Waals surface area contributed by atoms with Crippen LogP contribution in [0, 0.1) is 5.92 Å². The van der Waals surface area contributed by atoms with Gasteiger partial charge in [-0.25, -0.2) is 13.1 Å². The third kappa shape index (κ3) is 4.29. The van der Waals surface area contributed by atoms with Gasteiger partial charge in [0.15, 0.2) is 0 Å². The van der Waals surface area contributed by atoms with E-state index in [1.807, 2.05) is 6.92 Å². The van der Waals surface area contributed by atoms with E-state index in [-0.39, 0.29) is 10.9 Å². The molecule has 0 amide bonds. The molecule has 0 aromatic carbocycles. The average Bonchev–Trinajstić information content (AvgIpc) is 3.00. The zero-order chi connectivity index (χ0) is 13.9. The van der Waals surface area contributed by atoms with Gasteiger partial charge in [-0.15, -0.1) is 0 Å². The summed E-state index contributed by atoms with van der Waals surface area (Å²) in [5.41, 5.74) is 5.42. The Bertz CT molecular complexity index is 508. The van der Waals surface area contributed by atoms with Crippen LogP contribution in [-0.2, 0) is 16.6 Å². The molecule has 3 N–H and O–H groups in total. The second-order valence-electron chi connectivity index (χ2n) is 5.28. The lowest BCUT2D eigenvalue weighted by Gasteiger charge is -2.12. The van der Waals surface area contributed by atoms with Gasteiger partial charge in [0.2, 0.25) is 10.0 Å². The van der Waals surface area contributed by atoms with Gasteiger partial charge in [0.05, 0.1) is 6.20 Å². The minimum Gasteiger partial charge on any atom is -0.330 e. The van der Waals surface area contributed by atoms with Crippen LogP contribution in [0.4, 0.5) is 0 Å². The molecular formula is C12H22N4O2S. The van der Waals surface area contributed by atoms with E-state index >= 15 is 0 Å². The molecule has 7 heteroatoms. The quantitative estimate of drug-likeness (QED) is 0.736. The van der Waals surface area contributed by atoms with Crippen LogP contribution in [0.15, 0.2) is 17.3 Å². The predicted octanol–water partition coefficient (Wildman–Crippen LogP) is 0.699. The number of aryl methyl sites for hydroxylation is 1. The number of sulfonamides is 1. The van der Waals surface area contributed by atoms with E-state index in [0.717, 1.165) is 12.8 Å². The highest BCUT2D eigenvalue weighted by Crippen LogP contribution is 2.33. The van der Waals surface area contributed by atoms with Crippen LogP contribution < -0.4 is 10.5 Å². The number of nitrogens with two attached hydrogens (primary N) is 1. The Kier molecular flexibility index (Phi) is 4.59. The van der Waals surface area contributed by atoms with Crippen LogP contribution in [-0.4, -0.2) is 30.8 Å². The monoisotopic (exact) mass is 286 g/mol. The lowest BCUT2D eigenvalue weighted by Crippen LogP contribution is -2.32. The zero-order valence-electron chi connectivity index (χ0n) is 11.2. The van der Waals surface area contributed by atoms with Crippen molar-refractivity contribution in [1.29, 1.82) is 0 Å². The Morgan fingerprint density at radius 1 is 1.58 bits per heavy atom. The van der Waals surface area contributed by atoms with Gasteiger partial charge in [-0.1, -0.05) is 12.8 Å². The number of nitrogens with zero attached hydrogens (tertiary/aromatic N) is 2. The SMILES string of the molecule is CC(CC1CC1)NS(=O)(=O)c1cnn(CCCN)c1. The van der Waals surface area contributed by atoms with Gasteiger partial charge in [0.25, 0.3) is 0 Å². The standard InChI is InChI=1S/C12H22N4O2S/c1-10(7-11-3-4-11)15-19(17,18)12-8-14-16(9-12)6-2-5-13/h8-11,15H,2-7,13H2,1H3. The Labute approximate surface area is 114 Å². The molecule has 0 saturated heterocycles. The van der Waals surface area contributed by atoms with E-state index in [9.17, 15) is 8.42 Å². The Balaban J connectivity index is 1.95. The number of aromatic nitrogens is 2. The van der Waals surface area contributed by atoms with Crippen LogP contribution in [0.3, 0.4) is 0 Å². The minimum absolute atomic E-state index is 0.0232. The molecule has 1 saturated carbocycles. The fourth-order valence-corrected chi connectivity index (χ4v) is 3.30. The third-order valence-electron chi connectivity index (χ3n) is 3.25. The van der Waals surface area contributed by atoms with Crippen molar-refractivity contribution in [2.45, 2.75) is 50.1 Å². The average molecular weight is 286 g/mol. The molecule has 2 rings (SSSR count). The molecule has 1 heterocycles. The predicted molar refractivity (Wildman–Crippen MR) is 73.0 cm³/mol. The number of nitrogens with one attached hydrogen (secondary N) is 1. The van der Waals surface area contributed by atoms with Gasteiger partial charge < -0.3 is 5.73 Å². The maximum Gasteiger partial charge on any atom is 0.243 e. The summed E-state index contributed by atoms with van der Waals surface area (Å²) in [4.78, 5) is 0.229. The van der Waals surface area contributed by atoms with Gasteiger partial charge in [-0.3, -0.25) is 4.68 Å². The summed E-state index contributed by atoms with van der Waals surface area (Å²) < 4.78 is 28.6. The highest BCUT2D eigenvalue weighted by molar-refractivity contribution is 7.89. The molecule has 1 fully saturated rings. The number of rotatable bonds is 8. The maximum atomic E-state index is 12.1.